The van der Waals surface area contributed by atoms with Crippen LogP contribution >= 0.6 is 0 Å². The number of anilines is 1. The first-order chi connectivity index (χ1) is 11.6. The number of amides is 2. The Labute approximate surface area is 141 Å². The SMILES string of the molecule is CCN1C(=NC(=O)c2cccc(C(=O)NC)c2)Cc2ccccc21. The molecule has 3 rings (SSSR count). The molecule has 1 aliphatic heterocycles. The highest BCUT2D eigenvalue weighted by molar-refractivity contribution is 6.12. The average molecular weight is 321 g/mol. The zero-order chi connectivity index (χ0) is 17.1. The van der Waals surface area contributed by atoms with Crippen LogP contribution in [0, 0.1) is 0 Å². The Balaban J connectivity index is 1.89. The number of benzene rings is 2. The van der Waals surface area contributed by atoms with Gasteiger partial charge in [0.25, 0.3) is 11.8 Å². The van der Waals surface area contributed by atoms with Crippen molar-refractivity contribution in [2.45, 2.75) is 13.3 Å². The van der Waals surface area contributed by atoms with Crippen LogP contribution in [0.4, 0.5) is 5.69 Å². The van der Waals surface area contributed by atoms with Gasteiger partial charge in [-0.15, -0.1) is 0 Å². The maximum atomic E-state index is 12.5. The van der Waals surface area contributed by atoms with Crippen molar-refractivity contribution in [3.05, 3.63) is 65.2 Å². The summed E-state index contributed by atoms with van der Waals surface area (Å²) < 4.78 is 0. The fourth-order valence-corrected chi connectivity index (χ4v) is 2.90. The maximum Gasteiger partial charge on any atom is 0.278 e. The van der Waals surface area contributed by atoms with Gasteiger partial charge in [0.2, 0.25) is 0 Å². The third kappa shape index (κ3) is 2.93. The molecule has 0 atom stereocenters. The summed E-state index contributed by atoms with van der Waals surface area (Å²) in [6, 6.07) is 14.7. The second kappa shape index (κ2) is 6.66. The summed E-state index contributed by atoms with van der Waals surface area (Å²) in [5.41, 5.74) is 3.14. The molecule has 2 aromatic rings. The van der Waals surface area contributed by atoms with E-state index in [1.165, 1.54) is 5.56 Å². The molecule has 5 heteroatoms. The molecule has 0 saturated carbocycles. The van der Waals surface area contributed by atoms with Gasteiger partial charge in [0, 0.05) is 36.8 Å². The molecule has 1 N–H and O–H groups in total. The minimum absolute atomic E-state index is 0.222. The minimum atomic E-state index is -0.331. The van der Waals surface area contributed by atoms with Gasteiger partial charge in [-0.1, -0.05) is 24.3 Å². The topological polar surface area (TPSA) is 61.8 Å². The van der Waals surface area contributed by atoms with E-state index in [0.29, 0.717) is 17.5 Å². The number of hydrogen-bond donors (Lipinski definition) is 1. The van der Waals surface area contributed by atoms with Crippen molar-refractivity contribution in [1.29, 1.82) is 0 Å². The second-order valence-electron chi connectivity index (χ2n) is 5.54. The first kappa shape index (κ1) is 15.9. The van der Waals surface area contributed by atoms with Crippen LogP contribution in [-0.4, -0.2) is 31.2 Å². The van der Waals surface area contributed by atoms with E-state index < -0.39 is 0 Å². The van der Waals surface area contributed by atoms with E-state index >= 15 is 0 Å². The predicted octanol–water partition coefficient (Wildman–Crippen LogP) is 2.67. The summed E-state index contributed by atoms with van der Waals surface area (Å²) in [5.74, 6) is 0.191. The molecule has 0 saturated heterocycles. The van der Waals surface area contributed by atoms with Crippen LogP contribution in [0.3, 0.4) is 0 Å². The summed E-state index contributed by atoms with van der Waals surface area (Å²) in [5, 5.41) is 2.55. The lowest BCUT2D eigenvalue weighted by Gasteiger charge is -2.17. The number of para-hydroxylation sites is 1. The number of carbonyl (C=O) groups is 2. The molecule has 0 spiro atoms. The Morgan fingerprint density at radius 3 is 2.62 bits per heavy atom. The van der Waals surface area contributed by atoms with E-state index in [1.54, 1.807) is 31.3 Å². The van der Waals surface area contributed by atoms with Gasteiger partial charge >= 0.3 is 0 Å². The summed E-state index contributed by atoms with van der Waals surface area (Å²) in [4.78, 5) is 30.6. The van der Waals surface area contributed by atoms with Crippen LogP contribution < -0.4 is 10.2 Å². The molecule has 0 aromatic heterocycles. The number of likely N-dealkylation sites (N-methyl/N-ethyl adjacent to an activating group) is 1. The number of hydrogen-bond acceptors (Lipinski definition) is 2. The number of rotatable bonds is 3. The highest BCUT2D eigenvalue weighted by Crippen LogP contribution is 2.29. The van der Waals surface area contributed by atoms with Gasteiger partial charge in [0.15, 0.2) is 0 Å². The van der Waals surface area contributed by atoms with Crippen LogP contribution in [0.1, 0.15) is 33.2 Å². The van der Waals surface area contributed by atoms with Gasteiger partial charge < -0.3 is 10.2 Å². The molecule has 1 heterocycles. The molecule has 0 unspecified atom stereocenters. The van der Waals surface area contributed by atoms with E-state index in [9.17, 15) is 9.59 Å². The molecule has 0 fully saturated rings. The molecule has 2 aromatic carbocycles. The van der Waals surface area contributed by atoms with E-state index in [2.05, 4.69) is 21.3 Å². The Morgan fingerprint density at radius 1 is 1.12 bits per heavy atom. The number of carbonyl (C=O) groups excluding carboxylic acids is 2. The predicted molar refractivity (Wildman–Crippen MR) is 94.8 cm³/mol. The van der Waals surface area contributed by atoms with Crippen molar-refractivity contribution in [3.8, 4) is 0 Å². The molecule has 122 valence electrons. The summed E-state index contributed by atoms with van der Waals surface area (Å²) in [6.45, 7) is 2.79. The Morgan fingerprint density at radius 2 is 1.88 bits per heavy atom. The minimum Gasteiger partial charge on any atom is -0.355 e. The maximum absolute atomic E-state index is 12.5. The highest BCUT2D eigenvalue weighted by atomic mass is 16.2. The fraction of sp³-hybridized carbons (Fsp3) is 0.211. The molecule has 0 aliphatic carbocycles. The van der Waals surface area contributed by atoms with Gasteiger partial charge in [0.1, 0.15) is 5.84 Å². The lowest BCUT2D eigenvalue weighted by atomic mass is 10.1. The Bertz CT molecular complexity index is 827. The van der Waals surface area contributed by atoms with Crippen LogP contribution in [0.2, 0.25) is 0 Å². The van der Waals surface area contributed by atoms with E-state index in [4.69, 9.17) is 0 Å². The number of fused-ring (bicyclic) bond motifs is 1. The smallest absolute Gasteiger partial charge is 0.278 e. The molecule has 5 nitrogen and oxygen atoms in total. The quantitative estimate of drug-likeness (QED) is 0.945. The first-order valence-electron chi connectivity index (χ1n) is 7.93. The van der Waals surface area contributed by atoms with Crippen molar-refractivity contribution in [2.24, 2.45) is 4.99 Å². The zero-order valence-corrected chi connectivity index (χ0v) is 13.7. The summed E-state index contributed by atoms with van der Waals surface area (Å²) in [7, 11) is 1.56. The number of nitrogens with zero attached hydrogens (tertiary/aromatic N) is 2. The third-order valence-corrected chi connectivity index (χ3v) is 4.09. The number of amidine groups is 1. The second-order valence-corrected chi connectivity index (χ2v) is 5.54. The lowest BCUT2D eigenvalue weighted by Crippen LogP contribution is -2.27. The van der Waals surface area contributed by atoms with Crippen molar-refractivity contribution in [3.63, 3.8) is 0 Å². The van der Waals surface area contributed by atoms with E-state index in [0.717, 1.165) is 18.1 Å². The van der Waals surface area contributed by atoms with Gasteiger partial charge in [-0.2, -0.15) is 4.99 Å². The fourth-order valence-electron chi connectivity index (χ4n) is 2.90. The zero-order valence-electron chi connectivity index (χ0n) is 13.7. The molecule has 0 radical (unpaired) electrons. The lowest BCUT2D eigenvalue weighted by molar-refractivity contribution is 0.0963. The van der Waals surface area contributed by atoms with Crippen LogP contribution in [0.25, 0.3) is 0 Å². The third-order valence-electron chi connectivity index (χ3n) is 4.09. The normalized spacial score (nSPS) is 14.6. The van der Waals surface area contributed by atoms with Gasteiger partial charge in [-0.3, -0.25) is 9.59 Å². The van der Waals surface area contributed by atoms with Crippen molar-refractivity contribution < 1.29 is 9.59 Å². The average Bonchev–Trinajstić information content (AvgIpc) is 2.98. The number of aliphatic imine (C=N–C) groups is 1. The number of nitrogens with one attached hydrogen (secondary N) is 1. The largest absolute Gasteiger partial charge is 0.355 e. The van der Waals surface area contributed by atoms with Crippen molar-refractivity contribution in [2.75, 3.05) is 18.5 Å². The highest BCUT2D eigenvalue weighted by Gasteiger charge is 2.24. The molecular formula is C19H19N3O2. The van der Waals surface area contributed by atoms with Crippen molar-refractivity contribution >= 4 is 23.3 Å². The summed E-state index contributed by atoms with van der Waals surface area (Å²) in [6.07, 6.45) is 0.644. The first-order valence-corrected chi connectivity index (χ1v) is 7.93. The van der Waals surface area contributed by atoms with Gasteiger partial charge in [0.05, 0.1) is 0 Å². The monoisotopic (exact) mass is 321 g/mol. The molecular weight excluding hydrogens is 302 g/mol. The van der Waals surface area contributed by atoms with E-state index in [1.807, 2.05) is 25.1 Å². The van der Waals surface area contributed by atoms with E-state index in [-0.39, 0.29) is 11.8 Å². The van der Waals surface area contributed by atoms with Crippen LogP contribution in [0.5, 0.6) is 0 Å². The van der Waals surface area contributed by atoms with Gasteiger partial charge in [-0.25, -0.2) is 0 Å². The molecule has 1 aliphatic rings. The van der Waals surface area contributed by atoms with Crippen LogP contribution in [-0.2, 0) is 6.42 Å². The standard InChI is InChI=1S/C19H19N3O2/c1-3-22-16-10-5-4-7-13(16)12-17(22)21-19(24)15-9-6-8-14(11-15)18(23)20-2/h4-11H,3,12H2,1-2H3,(H,20,23). The summed E-state index contributed by atoms with van der Waals surface area (Å²) >= 11 is 0. The molecule has 24 heavy (non-hydrogen) atoms. The Kier molecular flexibility index (Phi) is 4.42. The Hall–Kier alpha value is -2.95. The molecule has 2 amide bonds. The molecule has 0 bridgehead atoms. The van der Waals surface area contributed by atoms with Crippen LogP contribution in [0.15, 0.2) is 53.5 Å². The van der Waals surface area contributed by atoms with Crippen molar-refractivity contribution in [1.82, 2.24) is 5.32 Å². The van der Waals surface area contributed by atoms with Gasteiger partial charge in [-0.05, 0) is 36.8 Å².